The number of carbonyl (C=O) groups is 1. The average molecular weight is 556 g/mol. The summed E-state index contributed by atoms with van der Waals surface area (Å²) in [5.74, 6) is 0.236. The first-order valence-electron chi connectivity index (χ1n) is 10.2. The number of nitrogens with one attached hydrogen (secondary N) is 3. The highest BCUT2D eigenvalue weighted by atomic mass is 127. The van der Waals surface area contributed by atoms with Crippen LogP contribution in [0.25, 0.3) is 0 Å². The van der Waals surface area contributed by atoms with Crippen LogP contribution in [0, 0.1) is 5.41 Å². The molecule has 1 fully saturated rings. The van der Waals surface area contributed by atoms with E-state index in [1.807, 2.05) is 0 Å². The van der Waals surface area contributed by atoms with Gasteiger partial charge in [-0.3, -0.25) is 9.79 Å². The molecule has 1 saturated carbocycles. The molecule has 0 unspecified atom stereocenters. The maximum atomic E-state index is 12.6. The standard InChI is InChI=1S/C21H31F3N4O2.HI/c1-25-19(28-15-20(11-14-30-2)9-3-4-10-20)27-13-12-26-18(29)16-5-7-17(8-6-16)21(22,23)24;/h5-8H,3-4,9-15H2,1-2H3,(H,26,29)(H2,25,27,28);1H. The average Bonchev–Trinajstić information content (AvgIpc) is 3.20. The number of alkyl halides is 3. The monoisotopic (exact) mass is 556 g/mol. The van der Waals surface area contributed by atoms with Crippen molar-refractivity contribution >= 4 is 35.8 Å². The molecule has 0 heterocycles. The molecule has 1 aliphatic rings. The largest absolute Gasteiger partial charge is 0.416 e. The van der Waals surface area contributed by atoms with Crippen molar-refractivity contribution in [1.82, 2.24) is 16.0 Å². The Balaban J connectivity index is 0.00000480. The SMILES string of the molecule is CN=C(NCCNC(=O)c1ccc(C(F)(F)F)cc1)NCC1(CCOC)CCCC1.I. The number of halogens is 4. The topological polar surface area (TPSA) is 74.8 Å². The number of benzene rings is 1. The number of carbonyl (C=O) groups excluding carboxylic acids is 1. The Hall–Kier alpha value is -1.56. The quantitative estimate of drug-likeness (QED) is 0.187. The van der Waals surface area contributed by atoms with Crippen molar-refractivity contribution < 1.29 is 22.7 Å². The third kappa shape index (κ3) is 8.83. The Kier molecular flexibility index (Phi) is 11.6. The summed E-state index contributed by atoms with van der Waals surface area (Å²) in [6, 6.07) is 4.16. The number of ether oxygens (including phenoxy) is 1. The number of amides is 1. The molecule has 10 heteroatoms. The van der Waals surface area contributed by atoms with Crippen LogP contribution in [0.3, 0.4) is 0 Å². The zero-order valence-corrected chi connectivity index (χ0v) is 20.3. The van der Waals surface area contributed by atoms with Gasteiger partial charge in [-0.1, -0.05) is 12.8 Å². The van der Waals surface area contributed by atoms with Gasteiger partial charge in [-0.15, -0.1) is 24.0 Å². The van der Waals surface area contributed by atoms with Crippen LogP contribution >= 0.6 is 24.0 Å². The second kappa shape index (κ2) is 13.1. The van der Waals surface area contributed by atoms with E-state index in [1.54, 1.807) is 14.2 Å². The van der Waals surface area contributed by atoms with E-state index in [4.69, 9.17) is 4.74 Å². The summed E-state index contributed by atoms with van der Waals surface area (Å²) in [5, 5.41) is 9.20. The van der Waals surface area contributed by atoms with Crippen molar-refractivity contribution in [2.75, 3.05) is 40.4 Å². The third-order valence-electron chi connectivity index (χ3n) is 5.53. The number of aliphatic imine (C=N–C) groups is 1. The zero-order chi connectivity index (χ0) is 22.0. The highest BCUT2D eigenvalue weighted by Gasteiger charge is 2.33. The lowest BCUT2D eigenvalue weighted by Crippen LogP contribution is -2.45. The summed E-state index contributed by atoms with van der Waals surface area (Å²) in [5.41, 5.74) is -0.363. The van der Waals surface area contributed by atoms with Gasteiger partial charge in [0.15, 0.2) is 5.96 Å². The number of methoxy groups -OCH3 is 1. The molecule has 1 aliphatic carbocycles. The first kappa shape index (κ1) is 27.5. The van der Waals surface area contributed by atoms with Gasteiger partial charge in [0.25, 0.3) is 5.91 Å². The number of hydrogen-bond donors (Lipinski definition) is 3. The fourth-order valence-corrected chi connectivity index (χ4v) is 3.72. The van der Waals surface area contributed by atoms with Gasteiger partial charge in [-0.2, -0.15) is 13.2 Å². The van der Waals surface area contributed by atoms with E-state index in [9.17, 15) is 18.0 Å². The summed E-state index contributed by atoms with van der Waals surface area (Å²) in [7, 11) is 3.40. The predicted molar refractivity (Wildman–Crippen MR) is 126 cm³/mol. The van der Waals surface area contributed by atoms with Crippen molar-refractivity contribution in [1.29, 1.82) is 0 Å². The number of nitrogens with zero attached hydrogens (tertiary/aromatic N) is 1. The van der Waals surface area contributed by atoms with Crippen LogP contribution in [0.4, 0.5) is 13.2 Å². The van der Waals surface area contributed by atoms with Gasteiger partial charge in [0.2, 0.25) is 0 Å². The molecule has 0 bridgehead atoms. The van der Waals surface area contributed by atoms with E-state index in [-0.39, 0.29) is 35.0 Å². The van der Waals surface area contributed by atoms with Gasteiger partial charge in [-0.05, 0) is 48.9 Å². The van der Waals surface area contributed by atoms with Gasteiger partial charge in [0, 0.05) is 46.0 Å². The van der Waals surface area contributed by atoms with Crippen LogP contribution in [-0.4, -0.2) is 52.3 Å². The minimum atomic E-state index is -4.41. The molecule has 0 aromatic heterocycles. The predicted octanol–water partition coefficient (Wildman–Crippen LogP) is 3.82. The molecule has 1 aromatic carbocycles. The molecule has 1 aromatic rings. The highest BCUT2D eigenvalue weighted by Crippen LogP contribution is 2.40. The highest BCUT2D eigenvalue weighted by molar-refractivity contribution is 14.0. The first-order valence-corrected chi connectivity index (χ1v) is 10.2. The van der Waals surface area contributed by atoms with Gasteiger partial charge >= 0.3 is 6.18 Å². The fraction of sp³-hybridized carbons (Fsp3) is 0.619. The zero-order valence-electron chi connectivity index (χ0n) is 18.0. The van der Waals surface area contributed by atoms with E-state index in [1.165, 1.54) is 37.8 Å². The van der Waals surface area contributed by atoms with Crippen LogP contribution in [0.15, 0.2) is 29.3 Å². The molecular formula is C21H32F3IN4O2. The number of hydrogen-bond acceptors (Lipinski definition) is 3. The Bertz CT molecular complexity index is 706. The molecule has 0 aliphatic heterocycles. The molecule has 2 rings (SSSR count). The molecule has 0 radical (unpaired) electrons. The molecule has 176 valence electrons. The number of guanidine groups is 1. The maximum absolute atomic E-state index is 12.6. The summed E-state index contributed by atoms with van der Waals surface area (Å²) in [6.45, 7) is 2.31. The lowest BCUT2D eigenvalue weighted by atomic mass is 9.83. The lowest BCUT2D eigenvalue weighted by molar-refractivity contribution is -0.137. The van der Waals surface area contributed by atoms with E-state index in [0.717, 1.165) is 31.7 Å². The minimum Gasteiger partial charge on any atom is -0.385 e. The molecule has 0 saturated heterocycles. The van der Waals surface area contributed by atoms with Crippen molar-refractivity contribution in [3.8, 4) is 0 Å². The Morgan fingerprint density at radius 3 is 2.26 bits per heavy atom. The van der Waals surface area contributed by atoms with Crippen LogP contribution in [0.1, 0.15) is 48.0 Å². The van der Waals surface area contributed by atoms with Crippen LogP contribution in [0.2, 0.25) is 0 Å². The molecule has 6 nitrogen and oxygen atoms in total. The fourth-order valence-electron chi connectivity index (χ4n) is 3.72. The van der Waals surface area contributed by atoms with Crippen molar-refractivity contribution in [3.05, 3.63) is 35.4 Å². The lowest BCUT2D eigenvalue weighted by Gasteiger charge is -2.30. The summed E-state index contributed by atoms with van der Waals surface area (Å²) >= 11 is 0. The third-order valence-corrected chi connectivity index (χ3v) is 5.53. The first-order chi connectivity index (χ1) is 14.3. The minimum absolute atomic E-state index is 0. The molecule has 1 amide bonds. The maximum Gasteiger partial charge on any atom is 0.416 e. The van der Waals surface area contributed by atoms with Crippen LogP contribution < -0.4 is 16.0 Å². The molecule has 3 N–H and O–H groups in total. The number of rotatable bonds is 9. The molecule has 31 heavy (non-hydrogen) atoms. The van der Waals surface area contributed by atoms with Crippen molar-refractivity contribution in [2.45, 2.75) is 38.3 Å². The second-order valence-electron chi connectivity index (χ2n) is 7.63. The second-order valence-corrected chi connectivity index (χ2v) is 7.63. The van der Waals surface area contributed by atoms with Crippen LogP contribution in [0.5, 0.6) is 0 Å². The summed E-state index contributed by atoms with van der Waals surface area (Å²) in [4.78, 5) is 16.3. The summed E-state index contributed by atoms with van der Waals surface area (Å²) in [6.07, 6.45) is 1.40. The van der Waals surface area contributed by atoms with Crippen LogP contribution in [-0.2, 0) is 10.9 Å². The van der Waals surface area contributed by atoms with Gasteiger partial charge in [0.05, 0.1) is 5.56 Å². The van der Waals surface area contributed by atoms with Gasteiger partial charge < -0.3 is 20.7 Å². The summed E-state index contributed by atoms with van der Waals surface area (Å²) < 4.78 is 43.0. The Morgan fingerprint density at radius 1 is 1.10 bits per heavy atom. The smallest absolute Gasteiger partial charge is 0.385 e. The Morgan fingerprint density at radius 2 is 1.71 bits per heavy atom. The molecule has 0 spiro atoms. The van der Waals surface area contributed by atoms with E-state index >= 15 is 0 Å². The van der Waals surface area contributed by atoms with E-state index < -0.39 is 17.6 Å². The van der Waals surface area contributed by atoms with Gasteiger partial charge in [-0.25, -0.2) is 0 Å². The molecule has 0 atom stereocenters. The van der Waals surface area contributed by atoms with Crippen molar-refractivity contribution in [3.63, 3.8) is 0 Å². The molecular weight excluding hydrogens is 524 g/mol. The Labute approximate surface area is 198 Å². The van der Waals surface area contributed by atoms with Crippen molar-refractivity contribution in [2.24, 2.45) is 10.4 Å². The normalized spacial score (nSPS) is 15.8. The van der Waals surface area contributed by atoms with E-state index in [0.29, 0.717) is 19.0 Å². The van der Waals surface area contributed by atoms with E-state index in [2.05, 4.69) is 20.9 Å². The van der Waals surface area contributed by atoms with Gasteiger partial charge in [0.1, 0.15) is 0 Å².